The van der Waals surface area contributed by atoms with Crippen LogP contribution in [0, 0.1) is 5.92 Å². The Kier molecular flexibility index (Phi) is 7.43. The number of nitrogens with one attached hydrogen (secondary N) is 1. The summed E-state index contributed by atoms with van der Waals surface area (Å²) in [6.45, 7) is 0.778. The van der Waals surface area contributed by atoms with Gasteiger partial charge in [0.05, 0.1) is 0 Å². The fraction of sp³-hybridized carbons (Fsp3) is 0.423. The molecular formula is C26H32N2O3S. The number of sulfonamides is 1. The fourth-order valence-corrected chi connectivity index (χ4v) is 6.02. The summed E-state index contributed by atoms with van der Waals surface area (Å²) in [4.78, 5) is 12.8. The van der Waals surface area contributed by atoms with Gasteiger partial charge in [0.2, 0.25) is 15.9 Å². The molecule has 1 saturated heterocycles. The highest BCUT2D eigenvalue weighted by Crippen LogP contribution is 2.33. The Bertz CT molecular complexity index is 1010. The number of carbonyl (C=O) groups is 1. The van der Waals surface area contributed by atoms with E-state index in [2.05, 4.69) is 29.6 Å². The number of carbonyl (C=O) groups excluding carboxylic acids is 1. The quantitative estimate of drug-likeness (QED) is 0.700. The van der Waals surface area contributed by atoms with Gasteiger partial charge in [0.15, 0.2) is 0 Å². The monoisotopic (exact) mass is 452 g/mol. The lowest BCUT2D eigenvalue weighted by molar-refractivity contribution is -0.127. The maximum Gasteiger partial charge on any atom is 0.236 e. The van der Waals surface area contributed by atoms with E-state index < -0.39 is 10.0 Å². The first kappa shape index (κ1) is 22.7. The molecule has 4 rings (SSSR count). The molecule has 2 aromatic rings. The van der Waals surface area contributed by atoms with Gasteiger partial charge in [-0.05, 0) is 61.6 Å². The summed E-state index contributed by atoms with van der Waals surface area (Å²) in [6, 6.07) is 20.3. The van der Waals surface area contributed by atoms with Gasteiger partial charge in [0.25, 0.3) is 0 Å². The van der Waals surface area contributed by atoms with Gasteiger partial charge in [-0.25, -0.2) is 8.42 Å². The van der Waals surface area contributed by atoms with Gasteiger partial charge in [-0.1, -0.05) is 60.7 Å². The summed E-state index contributed by atoms with van der Waals surface area (Å²) in [5, 5.41) is 4.51. The smallest absolute Gasteiger partial charge is 0.236 e. The maximum atomic E-state index is 12.8. The Morgan fingerprint density at radius 3 is 2.06 bits per heavy atom. The largest absolute Gasteiger partial charge is 0.353 e. The highest BCUT2D eigenvalue weighted by Gasteiger charge is 2.31. The SMILES string of the molecule is O=C(NC1CCC(c2ccccc2)CC1)C1CCN(S(=O)(=O)/C=C/c2ccccc2)CC1. The molecule has 0 radical (unpaired) electrons. The van der Waals surface area contributed by atoms with E-state index >= 15 is 0 Å². The number of amides is 1. The second kappa shape index (κ2) is 10.5. The van der Waals surface area contributed by atoms with Crippen LogP contribution < -0.4 is 5.32 Å². The van der Waals surface area contributed by atoms with Gasteiger partial charge in [0, 0.05) is 30.5 Å². The third-order valence-electron chi connectivity index (χ3n) is 6.76. The third-order valence-corrected chi connectivity index (χ3v) is 8.33. The van der Waals surface area contributed by atoms with Crippen molar-refractivity contribution in [2.24, 2.45) is 5.92 Å². The first-order valence-corrected chi connectivity index (χ1v) is 13.1. The molecule has 0 atom stereocenters. The molecule has 1 aliphatic carbocycles. The Hall–Kier alpha value is -2.44. The minimum absolute atomic E-state index is 0.0880. The number of piperidine rings is 1. The minimum atomic E-state index is -3.47. The van der Waals surface area contributed by atoms with Crippen molar-refractivity contribution in [2.45, 2.75) is 50.5 Å². The van der Waals surface area contributed by atoms with E-state index in [-0.39, 0.29) is 17.9 Å². The van der Waals surface area contributed by atoms with Crippen LogP contribution in [0.1, 0.15) is 55.6 Å². The van der Waals surface area contributed by atoms with Crippen molar-refractivity contribution in [1.29, 1.82) is 0 Å². The molecule has 1 amide bonds. The van der Waals surface area contributed by atoms with Crippen LogP contribution in [0.4, 0.5) is 0 Å². The van der Waals surface area contributed by atoms with Gasteiger partial charge in [-0.15, -0.1) is 0 Å². The van der Waals surface area contributed by atoms with Crippen molar-refractivity contribution in [2.75, 3.05) is 13.1 Å². The Balaban J connectivity index is 1.23. The lowest BCUT2D eigenvalue weighted by atomic mass is 9.81. The number of benzene rings is 2. The van der Waals surface area contributed by atoms with E-state index in [1.54, 1.807) is 6.08 Å². The summed E-state index contributed by atoms with van der Waals surface area (Å²) in [5.41, 5.74) is 2.25. The molecule has 6 heteroatoms. The molecule has 1 aliphatic heterocycles. The topological polar surface area (TPSA) is 66.5 Å². The van der Waals surface area contributed by atoms with Crippen LogP contribution in [0.5, 0.6) is 0 Å². The molecule has 0 aromatic heterocycles. The first-order chi connectivity index (χ1) is 15.5. The van der Waals surface area contributed by atoms with Gasteiger partial charge in [-0.2, -0.15) is 4.31 Å². The summed E-state index contributed by atoms with van der Waals surface area (Å²) in [5.74, 6) is 0.568. The standard InChI is InChI=1S/C26H32N2O3S/c29-26(27-25-13-11-23(12-14-25)22-9-5-2-6-10-22)24-15-18-28(19-16-24)32(30,31)20-17-21-7-3-1-4-8-21/h1-10,17,20,23-25H,11-16,18-19H2,(H,27,29)/b20-17+. The summed E-state index contributed by atoms with van der Waals surface area (Å²) >= 11 is 0. The van der Waals surface area contributed by atoms with Crippen LogP contribution in [0.3, 0.4) is 0 Å². The highest BCUT2D eigenvalue weighted by molar-refractivity contribution is 7.92. The third kappa shape index (κ3) is 5.87. The number of rotatable bonds is 6. The Labute approximate surface area is 191 Å². The zero-order valence-electron chi connectivity index (χ0n) is 18.4. The molecular weight excluding hydrogens is 420 g/mol. The summed E-state index contributed by atoms with van der Waals surface area (Å²) in [7, 11) is -3.47. The minimum Gasteiger partial charge on any atom is -0.353 e. The van der Waals surface area contributed by atoms with Crippen LogP contribution in [0.25, 0.3) is 6.08 Å². The zero-order chi connectivity index (χ0) is 22.4. The van der Waals surface area contributed by atoms with E-state index in [1.165, 1.54) is 15.3 Å². The van der Waals surface area contributed by atoms with E-state index in [4.69, 9.17) is 0 Å². The average Bonchev–Trinajstić information content (AvgIpc) is 2.84. The number of hydrogen-bond acceptors (Lipinski definition) is 3. The fourth-order valence-electron chi connectivity index (χ4n) is 4.80. The zero-order valence-corrected chi connectivity index (χ0v) is 19.2. The van der Waals surface area contributed by atoms with E-state index in [0.29, 0.717) is 31.8 Å². The van der Waals surface area contributed by atoms with Crippen molar-refractivity contribution in [3.05, 3.63) is 77.2 Å². The Morgan fingerprint density at radius 2 is 1.44 bits per heavy atom. The molecule has 2 aliphatic rings. The Morgan fingerprint density at radius 1 is 0.844 bits per heavy atom. The van der Waals surface area contributed by atoms with Crippen molar-refractivity contribution in [1.82, 2.24) is 9.62 Å². The van der Waals surface area contributed by atoms with Gasteiger partial charge in [-0.3, -0.25) is 4.79 Å². The summed E-state index contributed by atoms with van der Waals surface area (Å²) in [6.07, 6.45) is 6.97. The second-order valence-electron chi connectivity index (χ2n) is 8.90. The van der Waals surface area contributed by atoms with Crippen molar-refractivity contribution < 1.29 is 13.2 Å². The predicted molar refractivity (Wildman–Crippen MR) is 128 cm³/mol. The molecule has 0 unspecified atom stereocenters. The van der Waals surface area contributed by atoms with Gasteiger partial charge < -0.3 is 5.32 Å². The molecule has 5 nitrogen and oxygen atoms in total. The van der Waals surface area contributed by atoms with Crippen LogP contribution in [0.2, 0.25) is 0 Å². The molecule has 1 heterocycles. The summed E-state index contributed by atoms with van der Waals surface area (Å²) < 4.78 is 26.8. The van der Waals surface area contributed by atoms with Crippen molar-refractivity contribution in [3.63, 3.8) is 0 Å². The first-order valence-electron chi connectivity index (χ1n) is 11.6. The lowest BCUT2D eigenvalue weighted by Crippen LogP contribution is -2.45. The molecule has 2 aromatic carbocycles. The maximum absolute atomic E-state index is 12.8. The van der Waals surface area contributed by atoms with Crippen molar-refractivity contribution >= 4 is 22.0 Å². The van der Waals surface area contributed by atoms with Crippen LogP contribution >= 0.6 is 0 Å². The number of hydrogen-bond donors (Lipinski definition) is 1. The average molecular weight is 453 g/mol. The lowest BCUT2D eigenvalue weighted by Gasteiger charge is -2.33. The normalized spacial score (nSPS) is 23.2. The second-order valence-corrected chi connectivity index (χ2v) is 10.7. The van der Waals surface area contributed by atoms with Gasteiger partial charge in [0.1, 0.15) is 0 Å². The predicted octanol–water partition coefficient (Wildman–Crippen LogP) is 4.54. The molecule has 32 heavy (non-hydrogen) atoms. The molecule has 170 valence electrons. The van der Waals surface area contributed by atoms with E-state index in [0.717, 1.165) is 31.2 Å². The molecule has 1 N–H and O–H groups in total. The van der Waals surface area contributed by atoms with E-state index in [1.807, 2.05) is 36.4 Å². The molecule has 0 bridgehead atoms. The van der Waals surface area contributed by atoms with Crippen LogP contribution in [-0.2, 0) is 14.8 Å². The van der Waals surface area contributed by atoms with Gasteiger partial charge >= 0.3 is 0 Å². The van der Waals surface area contributed by atoms with Crippen LogP contribution in [0.15, 0.2) is 66.1 Å². The van der Waals surface area contributed by atoms with Crippen LogP contribution in [-0.4, -0.2) is 37.8 Å². The molecule has 0 spiro atoms. The number of nitrogens with zero attached hydrogens (tertiary/aromatic N) is 1. The molecule has 2 fully saturated rings. The molecule has 1 saturated carbocycles. The highest BCUT2D eigenvalue weighted by atomic mass is 32.2. The van der Waals surface area contributed by atoms with E-state index in [9.17, 15) is 13.2 Å². The van der Waals surface area contributed by atoms with Crippen molar-refractivity contribution in [3.8, 4) is 0 Å².